The fraction of sp³-hybridized carbons (Fsp3) is 0.273. The van der Waals surface area contributed by atoms with Gasteiger partial charge in [0, 0.05) is 49.9 Å². The van der Waals surface area contributed by atoms with E-state index in [2.05, 4.69) is 77.8 Å². The van der Waals surface area contributed by atoms with Crippen molar-refractivity contribution in [2.75, 3.05) is 20.1 Å². The van der Waals surface area contributed by atoms with Crippen LogP contribution >= 0.6 is 0 Å². The Kier molecular flexibility index (Phi) is 7.73. The maximum Gasteiger partial charge on any atom is 0.173 e. The SMILES string of the molecule is CN=C(N=C(C)c1ncccn1)C1CCN(Cc2ccc(-c3nc(C)n4ccnc4c3-c3ccccc3)cc2)CC1. The Labute approximate surface area is 240 Å². The van der Waals surface area contributed by atoms with Crippen molar-refractivity contribution in [3.8, 4) is 22.4 Å². The molecule has 4 heterocycles. The number of aryl methyl sites for hydroxylation is 1. The molecule has 1 fully saturated rings. The summed E-state index contributed by atoms with van der Waals surface area (Å²) in [5.74, 6) is 2.82. The van der Waals surface area contributed by atoms with E-state index in [1.807, 2.05) is 45.4 Å². The number of fused-ring (bicyclic) bond motifs is 1. The van der Waals surface area contributed by atoms with Gasteiger partial charge < -0.3 is 0 Å². The lowest BCUT2D eigenvalue weighted by atomic mass is 9.95. The third-order valence-electron chi connectivity index (χ3n) is 7.77. The first-order valence-electron chi connectivity index (χ1n) is 14.1. The van der Waals surface area contributed by atoms with Crippen LogP contribution in [0.4, 0.5) is 0 Å². The minimum absolute atomic E-state index is 0.348. The monoisotopic (exact) mass is 542 g/mol. The summed E-state index contributed by atoms with van der Waals surface area (Å²) in [7, 11) is 1.83. The average molecular weight is 543 g/mol. The molecule has 8 heteroatoms. The van der Waals surface area contributed by atoms with Crippen LogP contribution < -0.4 is 0 Å². The van der Waals surface area contributed by atoms with Crippen molar-refractivity contribution in [1.82, 2.24) is 29.2 Å². The zero-order chi connectivity index (χ0) is 28.2. The molecular weight excluding hydrogens is 508 g/mol. The van der Waals surface area contributed by atoms with Gasteiger partial charge in [0.15, 0.2) is 5.82 Å². The number of hydrogen-bond acceptors (Lipinski definition) is 6. The molecule has 8 nitrogen and oxygen atoms in total. The molecular formula is C33H34N8. The van der Waals surface area contributed by atoms with Gasteiger partial charge in [-0.1, -0.05) is 54.6 Å². The van der Waals surface area contributed by atoms with Gasteiger partial charge >= 0.3 is 0 Å². The van der Waals surface area contributed by atoms with Gasteiger partial charge in [-0.15, -0.1) is 0 Å². The summed E-state index contributed by atoms with van der Waals surface area (Å²) >= 11 is 0. The number of amidine groups is 1. The fourth-order valence-electron chi connectivity index (χ4n) is 5.61. The topological polar surface area (TPSA) is 83.9 Å². The average Bonchev–Trinajstić information content (AvgIpc) is 3.52. The summed E-state index contributed by atoms with van der Waals surface area (Å²) in [6.07, 6.45) is 9.37. The van der Waals surface area contributed by atoms with E-state index in [4.69, 9.17) is 9.98 Å². The van der Waals surface area contributed by atoms with Crippen molar-refractivity contribution in [1.29, 1.82) is 0 Å². The number of likely N-dealkylation sites (tertiary alicyclic amines) is 1. The highest BCUT2D eigenvalue weighted by molar-refractivity contribution is 6.04. The van der Waals surface area contributed by atoms with Crippen LogP contribution in [0, 0.1) is 12.8 Å². The van der Waals surface area contributed by atoms with Crippen LogP contribution in [0.25, 0.3) is 28.0 Å². The van der Waals surface area contributed by atoms with Gasteiger partial charge in [-0.05, 0) is 57.0 Å². The van der Waals surface area contributed by atoms with E-state index >= 15 is 0 Å². The van der Waals surface area contributed by atoms with Crippen LogP contribution in [0.3, 0.4) is 0 Å². The smallest absolute Gasteiger partial charge is 0.173 e. The van der Waals surface area contributed by atoms with Crippen molar-refractivity contribution >= 4 is 17.2 Å². The van der Waals surface area contributed by atoms with Gasteiger partial charge in [-0.3, -0.25) is 14.3 Å². The molecule has 6 rings (SSSR count). The van der Waals surface area contributed by atoms with E-state index in [9.17, 15) is 0 Å². The number of rotatable bonds is 6. The number of nitrogens with zero attached hydrogens (tertiary/aromatic N) is 8. The van der Waals surface area contributed by atoms with Crippen molar-refractivity contribution in [2.45, 2.75) is 33.2 Å². The number of piperidine rings is 1. The van der Waals surface area contributed by atoms with Gasteiger partial charge in [-0.2, -0.15) is 0 Å². The normalized spacial score (nSPS) is 15.5. The van der Waals surface area contributed by atoms with E-state index in [1.54, 1.807) is 12.4 Å². The zero-order valence-electron chi connectivity index (χ0n) is 23.8. The fourth-order valence-corrected chi connectivity index (χ4v) is 5.61. The molecule has 0 bridgehead atoms. The molecule has 0 aliphatic carbocycles. The lowest BCUT2D eigenvalue weighted by molar-refractivity contribution is 0.201. The predicted molar refractivity (Wildman–Crippen MR) is 164 cm³/mol. The lowest BCUT2D eigenvalue weighted by Crippen LogP contribution is -2.35. The quantitative estimate of drug-likeness (QED) is 0.197. The second-order valence-electron chi connectivity index (χ2n) is 10.5. The highest BCUT2D eigenvalue weighted by atomic mass is 15.1. The predicted octanol–water partition coefficient (Wildman–Crippen LogP) is 5.91. The first-order valence-corrected chi connectivity index (χ1v) is 14.1. The van der Waals surface area contributed by atoms with Crippen LogP contribution in [0.1, 0.15) is 37.0 Å². The second-order valence-corrected chi connectivity index (χ2v) is 10.5. The van der Waals surface area contributed by atoms with Crippen LogP contribution in [0.15, 0.2) is 95.4 Å². The molecule has 206 valence electrons. The van der Waals surface area contributed by atoms with E-state index in [0.29, 0.717) is 11.7 Å². The molecule has 0 saturated carbocycles. The van der Waals surface area contributed by atoms with Crippen LogP contribution in [0.2, 0.25) is 0 Å². The van der Waals surface area contributed by atoms with Gasteiger partial charge in [0.25, 0.3) is 0 Å². The number of aliphatic imine (C=N–C) groups is 2. The van der Waals surface area contributed by atoms with Gasteiger partial charge in [0.05, 0.1) is 17.0 Å². The molecule has 0 radical (unpaired) electrons. The minimum atomic E-state index is 0.348. The molecule has 0 atom stereocenters. The number of imidazole rings is 1. The molecule has 41 heavy (non-hydrogen) atoms. The molecule has 1 saturated heterocycles. The third-order valence-corrected chi connectivity index (χ3v) is 7.77. The van der Waals surface area contributed by atoms with Crippen molar-refractivity contribution in [3.63, 3.8) is 0 Å². The number of hydrogen-bond donors (Lipinski definition) is 0. The largest absolute Gasteiger partial charge is 0.299 e. The molecule has 3 aromatic heterocycles. The van der Waals surface area contributed by atoms with E-state index in [-0.39, 0.29) is 0 Å². The minimum Gasteiger partial charge on any atom is -0.299 e. The van der Waals surface area contributed by atoms with Crippen molar-refractivity contribution < 1.29 is 0 Å². The number of benzene rings is 2. The summed E-state index contributed by atoms with van der Waals surface area (Å²) in [5, 5.41) is 0. The standard InChI is InChI=1S/C33H34N8/c1-23(31-35-16-7-17-36-31)38-32(34-3)28-14-19-40(20-15-28)22-25-10-12-27(13-11-25)30-29(26-8-5-4-6-9-26)33-37-18-21-41(33)24(2)39-30/h4-13,16-18,21,28H,14-15,19-20,22H2,1-3H3. The molecule has 0 spiro atoms. The highest BCUT2D eigenvalue weighted by Gasteiger charge is 2.24. The Morgan fingerprint density at radius 1 is 0.878 bits per heavy atom. The summed E-state index contributed by atoms with van der Waals surface area (Å²) in [6.45, 7) is 6.92. The van der Waals surface area contributed by atoms with Crippen LogP contribution in [-0.4, -0.2) is 60.9 Å². The molecule has 2 aromatic carbocycles. The van der Waals surface area contributed by atoms with Gasteiger partial charge in [0.2, 0.25) is 0 Å². The van der Waals surface area contributed by atoms with E-state index < -0.39 is 0 Å². The Balaban J connectivity index is 1.15. The highest BCUT2D eigenvalue weighted by Crippen LogP contribution is 2.34. The third kappa shape index (κ3) is 5.69. The van der Waals surface area contributed by atoms with Crippen LogP contribution in [-0.2, 0) is 6.54 Å². The van der Waals surface area contributed by atoms with E-state index in [1.165, 1.54) is 5.56 Å². The van der Waals surface area contributed by atoms with Gasteiger partial charge in [-0.25, -0.2) is 24.9 Å². The van der Waals surface area contributed by atoms with E-state index in [0.717, 1.165) is 77.9 Å². The molecule has 1 aliphatic rings. The molecule has 0 N–H and O–H groups in total. The second kappa shape index (κ2) is 11.9. The Hall–Kier alpha value is -4.56. The maximum absolute atomic E-state index is 5.02. The summed E-state index contributed by atoms with van der Waals surface area (Å²) < 4.78 is 2.06. The Morgan fingerprint density at radius 3 is 2.32 bits per heavy atom. The summed E-state index contributed by atoms with van der Waals surface area (Å²) in [6, 6.07) is 21.1. The van der Waals surface area contributed by atoms with Gasteiger partial charge in [0.1, 0.15) is 17.3 Å². The Bertz CT molecular complexity index is 1680. The molecule has 1 aliphatic heterocycles. The lowest BCUT2D eigenvalue weighted by Gasteiger charge is -2.31. The summed E-state index contributed by atoms with van der Waals surface area (Å²) in [5.41, 5.74) is 7.26. The van der Waals surface area contributed by atoms with Crippen molar-refractivity contribution in [2.24, 2.45) is 15.9 Å². The Morgan fingerprint density at radius 2 is 1.61 bits per heavy atom. The van der Waals surface area contributed by atoms with Crippen molar-refractivity contribution in [3.05, 3.63) is 103 Å². The number of aromatic nitrogens is 5. The molecule has 0 amide bonds. The zero-order valence-corrected chi connectivity index (χ0v) is 23.8. The van der Waals surface area contributed by atoms with Crippen LogP contribution in [0.5, 0.6) is 0 Å². The first-order chi connectivity index (χ1) is 20.1. The molecule has 5 aromatic rings. The maximum atomic E-state index is 5.02. The first kappa shape index (κ1) is 26.7. The molecule has 0 unspecified atom stereocenters. The summed E-state index contributed by atoms with van der Waals surface area (Å²) in [4.78, 5) is 30.2.